The lowest BCUT2D eigenvalue weighted by Gasteiger charge is -2.19. The Morgan fingerprint density at radius 2 is 1.78 bits per heavy atom. The Balaban J connectivity index is 1.41. The number of carbonyl (C=O) groups excluding carboxylic acids is 1. The van der Waals surface area contributed by atoms with Gasteiger partial charge in [-0.25, -0.2) is 13.2 Å². The van der Waals surface area contributed by atoms with Crippen LogP contribution in [0.25, 0.3) is 11.4 Å². The van der Waals surface area contributed by atoms with Crippen LogP contribution in [-0.4, -0.2) is 36.6 Å². The molecule has 0 saturated carbocycles. The van der Waals surface area contributed by atoms with Gasteiger partial charge in [-0.1, -0.05) is 23.4 Å². The Labute approximate surface area is 184 Å². The van der Waals surface area contributed by atoms with Crippen molar-refractivity contribution >= 4 is 21.7 Å². The highest BCUT2D eigenvalue weighted by Crippen LogP contribution is 2.22. The second-order valence-corrected chi connectivity index (χ2v) is 8.63. The Morgan fingerprint density at radius 1 is 1.03 bits per heavy atom. The standard InChI is InChI=1S/C22H18N4O5S/c1-26(18-7-3-2-4-8-18)32(28,29)19-11-9-16(10-12-19)22(27)30-15-20-24-21(25-31-20)17-6-5-13-23-14-17/h2-14H,15H2,1H3. The molecule has 2 aromatic carbocycles. The molecule has 4 rings (SSSR count). The molecule has 0 atom stereocenters. The molecule has 0 saturated heterocycles. The third-order valence-corrected chi connectivity index (χ3v) is 6.38. The minimum atomic E-state index is -3.77. The number of carbonyl (C=O) groups is 1. The van der Waals surface area contributed by atoms with Crippen LogP contribution in [0.1, 0.15) is 16.2 Å². The van der Waals surface area contributed by atoms with Crippen molar-refractivity contribution in [2.75, 3.05) is 11.4 Å². The summed E-state index contributed by atoms with van der Waals surface area (Å²) in [5.74, 6) is -0.186. The average Bonchev–Trinajstić information content (AvgIpc) is 3.32. The van der Waals surface area contributed by atoms with Crippen LogP contribution in [0.2, 0.25) is 0 Å². The van der Waals surface area contributed by atoms with Crippen LogP contribution in [0.15, 0.2) is 88.5 Å². The first-order chi connectivity index (χ1) is 15.4. The molecular formula is C22H18N4O5S. The van der Waals surface area contributed by atoms with Gasteiger partial charge in [-0.05, 0) is 48.5 Å². The molecule has 0 N–H and O–H groups in total. The van der Waals surface area contributed by atoms with Crippen molar-refractivity contribution in [3.63, 3.8) is 0 Å². The van der Waals surface area contributed by atoms with Crippen LogP contribution in [-0.2, 0) is 21.4 Å². The first-order valence-electron chi connectivity index (χ1n) is 9.49. The zero-order valence-electron chi connectivity index (χ0n) is 17.0. The van der Waals surface area contributed by atoms with Crippen molar-refractivity contribution < 1.29 is 22.5 Å². The van der Waals surface area contributed by atoms with E-state index in [2.05, 4.69) is 15.1 Å². The molecule has 9 nitrogen and oxygen atoms in total. The van der Waals surface area contributed by atoms with E-state index in [0.717, 1.165) is 0 Å². The van der Waals surface area contributed by atoms with E-state index >= 15 is 0 Å². The van der Waals surface area contributed by atoms with Crippen LogP contribution in [0.5, 0.6) is 0 Å². The van der Waals surface area contributed by atoms with Crippen LogP contribution >= 0.6 is 0 Å². The van der Waals surface area contributed by atoms with E-state index in [1.54, 1.807) is 54.9 Å². The first kappa shape index (κ1) is 21.2. The molecule has 32 heavy (non-hydrogen) atoms. The number of sulfonamides is 1. The molecule has 0 fully saturated rings. The molecule has 0 bridgehead atoms. The second-order valence-electron chi connectivity index (χ2n) is 6.66. The highest BCUT2D eigenvalue weighted by molar-refractivity contribution is 7.92. The number of nitrogens with zero attached hydrogens (tertiary/aromatic N) is 4. The molecule has 0 unspecified atom stereocenters. The fourth-order valence-electron chi connectivity index (χ4n) is 2.83. The minimum absolute atomic E-state index is 0.0541. The normalized spacial score (nSPS) is 11.2. The molecule has 0 radical (unpaired) electrons. The summed E-state index contributed by atoms with van der Waals surface area (Å²) in [6, 6.07) is 17.7. The van der Waals surface area contributed by atoms with E-state index in [4.69, 9.17) is 9.26 Å². The van der Waals surface area contributed by atoms with E-state index in [1.165, 1.54) is 35.6 Å². The molecular weight excluding hydrogens is 432 g/mol. The Kier molecular flexibility index (Phi) is 5.95. The highest BCUT2D eigenvalue weighted by atomic mass is 32.2. The Bertz CT molecular complexity index is 1310. The van der Waals surface area contributed by atoms with Gasteiger partial charge in [0.1, 0.15) is 0 Å². The van der Waals surface area contributed by atoms with Crippen molar-refractivity contribution in [1.82, 2.24) is 15.1 Å². The van der Waals surface area contributed by atoms with Gasteiger partial charge in [0.05, 0.1) is 16.1 Å². The van der Waals surface area contributed by atoms with Gasteiger partial charge in [-0.15, -0.1) is 0 Å². The minimum Gasteiger partial charge on any atom is -0.452 e. The molecule has 4 aromatic rings. The van der Waals surface area contributed by atoms with E-state index in [-0.39, 0.29) is 23.0 Å². The second kappa shape index (κ2) is 8.98. The van der Waals surface area contributed by atoms with Gasteiger partial charge >= 0.3 is 5.97 Å². The number of esters is 1. The number of hydrogen-bond donors (Lipinski definition) is 0. The SMILES string of the molecule is CN(c1ccccc1)S(=O)(=O)c1ccc(C(=O)OCc2nc(-c3cccnc3)no2)cc1. The van der Waals surface area contributed by atoms with Crippen molar-refractivity contribution in [3.05, 3.63) is 90.6 Å². The zero-order chi connectivity index (χ0) is 22.6. The fraction of sp³-hybridized carbons (Fsp3) is 0.0909. The zero-order valence-corrected chi connectivity index (χ0v) is 17.8. The van der Waals surface area contributed by atoms with Gasteiger partial charge in [-0.2, -0.15) is 4.98 Å². The molecule has 10 heteroatoms. The van der Waals surface area contributed by atoms with E-state index < -0.39 is 16.0 Å². The third kappa shape index (κ3) is 4.49. The maximum Gasteiger partial charge on any atom is 0.338 e. The van der Waals surface area contributed by atoms with Crippen LogP contribution in [0.3, 0.4) is 0 Å². The molecule has 2 aromatic heterocycles. The van der Waals surface area contributed by atoms with Crippen LogP contribution < -0.4 is 4.31 Å². The highest BCUT2D eigenvalue weighted by Gasteiger charge is 2.22. The summed E-state index contributed by atoms with van der Waals surface area (Å²) in [5, 5.41) is 3.83. The number of rotatable bonds is 7. The number of pyridine rings is 1. The van der Waals surface area contributed by atoms with Gasteiger partial charge in [0.15, 0.2) is 6.61 Å². The molecule has 0 aliphatic rings. The lowest BCUT2D eigenvalue weighted by Crippen LogP contribution is -2.26. The predicted octanol–water partition coefficient (Wildman–Crippen LogP) is 3.31. The van der Waals surface area contributed by atoms with Gasteiger partial charge in [0.2, 0.25) is 5.82 Å². The van der Waals surface area contributed by atoms with Gasteiger partial charge in [0.25, 0.3) is 15.9 Å². The molecule has 0 aliphatic heterocycles. The maximum absolute atomic E-state index is 12.8. The number of ether oxygens (including phenoxy) is 1. The quantitative estimate of drug-likeness (QED) is 0.394. The van der Waals surface area contributed by atoms with Crippen LogP contribution in [0.4, 0.5) is 5.69 Å². The molecule has 0 spiro atoms. The summed E-state index contributed by atoms with van der Waals surface area (Å²) in [7, 11) is -2.30. The fourth-order valence-corrected chi connectivity index (χ4v) is 4.03. The monoisotopic (exact) mass is 450 g/mol. The van der Waals surface area contributed by atoms with Crippen LogP contribution in [0, 0.1) is 0 Å². The average molecular weight is 450 g/mol. The van der Waals surface area contributed by atoms with E-state index in [0.29, 0.717) is 17.1 Å². The third-order valence-electron chi connectivity index (χ3n) is 4.58. The van der Waals surface area contributed by atoms with Gasteiger partial charge in [-0.3, -0.25) is 9.29 Å². The summed E-state index contributed by atoms with van der Waals surface area (Å²) < 4.78 is 37.1. The lowest BCUT2D eigenvalue weighted by atomic mass is 10.2. The lowest BCUT2D eigenvalue weighted by molar-refractivity contribution is 0.0429. The number of benzene rings is 2. The number of aromatic nitrogens is 3. The summed E-state index contributed by atoms with van der Waals surface area (Å²) in [6.07, 6.45) is 3.22. The first-order valence-corrected chi connectivity index (χ1v) is 10.9. The molecule has 0 aliphatic carbocycles. The van der Waals surface area contributed by atoms with Crippen molar-refractivity contribution in [1.29, 1.82) is 0 Å². The van der Waals surface area contributed by atoms with E-state index in [1.807, 2.05) is 0 Å². The van der Waals surface area contributed by atoms with Gasteiger partial charge in [0, 0.05) is 25.0 Å². The summed E-state index contributed by atoms with van der Waals surface area (Å²) >= 11 is 0. The van der Waals surface area contributed by atoms with Gasteiger partial charge < -0.3 is 9.26 Å². The predicted molar refractivity (Wildman–Crippen MR) is 115 cm³/mol. The van der Waals surface area contributed by atoms with E-state index in [9.17, 15) is 13.2 Å². The van der Waals surface area contributed by atoms with Crippen molar-refractivity contribution in [3.8, 4) is 11.4 Å². The molecule has 2 heterocycles. The number of anilines is 1. The number of hydrogen-bond acceptors (Lipinski definition) is 8. The number of para-hydroxylation sites is 1. The smallest absolute Gasteiger partial charge is 0.338 e. The summed E-state index contributed by atoms with van der Waals surface area (Å²) in [6.45, 7) is -0.219. The summed E-state index contributed by atoms with van der Waals surface area (Å²) in [4.78, 5) is 20.5. The Hall–Kier alpha value is -4.05. The van der Waals surface area contributed by atoms with Crippen molar-refractivity contribution in [2.45, 2.75) is 11.5 Å². The molecule has 0 amide bonds. The maximum atomic E-state index is 12.8. The Morgan fingerprint density at radius 3 is 2.47 bits per heavy atom. The molecule has 162 valence electrons. The topological polar surface area (TPSA) is 115 Å². The summed E-state index contributed by atoms with van der Waals surface area (Å²) in [5.41, 5.74) is 1.39. The largest absolute Gasteiger partial charge is 0.452 e. The van der Waals surface area contributed by atoms with Crippen molar-refractivity contribution in [2.24, 2.45) is 0 Å².